The van der Waals surface area contributed by atoms with Crippen LogP contribution < -0.4 is 5.32 Å². The molecule has 4 nitrogen and oxygen atoms in total. The molecular weight excluding hydrogens is 170 g/mol. The fraction of sp³-hybridized carbons (Fsp3) is 0.556. The molecule has 0 saturated heterocycles. The van der Waals surface area contributed by atoms with Gasteiger partial charge in [0.05, 0.1) is 0 Å². The Kier molecular flexibility index (Phi) is 4.80. The number of amides is 1. The van der Waals surface area contributed by atoms with Crippen LogP contribution in [0, 0.1) is 0 Å². The van der Waals surface area contributed by atoms with Gasteiger partial charge in [-0.15, -0.1) is 0 Å². The second kappa shape index (κ2) is 5.35. The summed E-state index contributed by atoms with van der Waals surface area (Å²) in [6.07, 6.45) is 1.77. The number of carbonyl (C=O) groups is 2. The minimum absolute atomic E-state index is 0.353. The first-order valence-electron chi connectivity index (χ1n) is 4.15. The van der Waals surface area contributed by atoms with Crippen molar-refractivity contribution in [3.8, 4) is 0 Å². The second-order valence-corrected chi connectivity index (χ2v) is 3.03. The van der Waals surface area contributed by atoms with Crippen molar-refractivity contribution < 1.29 is 14.7 Å². The standard InChI is InChI=1S/C9H15NO3/c1-4-7(9(12)13)10-8(11)5-6(2)3/h5,7H,4H2,1-3H3,(H,10,11)(H,12,13)/t7-/m1/s1. The zero-order valence-electron chi connectivity index (χ0n) is 8.13. The molecule has 0 aliphatic carbocycles. The van der Waals surface area contributed by atoms with Crippen molar-refractivity contribution in [3.05, 3.63) is 11.6 Å². The predicted octanol–water partition coefficient (Wildman–Crippen LogP) is 0.932. The third-order valence-corrected chi connectivity index (χ3v) is 1.44. The van der Waals surface area contributed by atoms with E-state index in [9.17, 15) is 9.59 Å². The molecule has 0 spiro atoms. The minimum Gasteiger partial charge on any atom is -0.480 e. The van der Waals surface area contributed by atoms with Crippen LogP contribution in [0.2, 0.25) is 0 Å². The zero-order chi connectivity index (χ0) is 10.4. The highest BCUT2D eigenvalue weighted by molar-refractivity contribution is 5.91. The molecule has 2 N–H and O–H groups in total. The third-order valence-electron chi connectivity index (χ3n) is 1.44. The van der Waals surface area contributed by atoms with Crippen LogP contribution in [0.4, 0.5) is 0 Å². The number of carboxylic acids is 1. The van der Waals surface area contributed by atoms with Crippen LogP contribution in [-0.2, 0) is 9.59 Å². The fourth-order valence-corrected chi connectivity index (χ4v) is 0.814. The first kappa shape index (κ1) is 11.7. The highest BCUT2D eigenvalue weighted by Gasteiger charge is 2.15. The molecule has 0 aliphatic heterocycles. The zero-order valence-corrected chi connectivity index (χ0v) is 8.13. The van der Waals surface area contributed by atoms with Gasteiger partial charge in [0, 0.05) is 6.08 Å². The first-order valence-corrected chi connectivity index (χ1v) is 4.15. The van der Waals surface area contributed by atoms with E-state index in [4.69, 9.17) is 5.11 Å². The summed E-state index contributed by atoms with van der Waals surface area (Å²) in [5.41, 5.74) is 0.845. The lowest BCUT2D eigenvalue weighted by Crippen LogP contribution is -2.39. The average molecular weight is 185 g/mol. The quantitative estimate of drug-likeness (QED) is 0.640. The number of carbonyl (C=O) groups excluding carboxylic acids is 1. The summed E-state index contributed by atoms with van der Waals surface area (Å²) in [7, 11) is 0. The van der Waals surface area contributed by atoms with Crippen molar-refractivity contribution in [2.24, 2.45) is 0 Å². The maximum absolute atomic E-state index is 11.1. The highest BCUT2D eigenvalue weighted by atomic mass is 16.4. The number of allylic oxidation sites excluding steroid dienone is 1. The molecule has 0 aromatic rings. The largest absolute Gasteiger partial charge is 0.480 e. The van der Waals surface area contributed by atoms with Gasteiger partial charge in [-0.1, -0.05) is 12.5 Å². The van der Waals surface area contributed by atoms with Crippen LogP contribution in [0.5, 0.6) is 0 Å². The van der Waals surface area contributed by atoms with Crippen molar-refractivity contribution in [2.75, 3.05) is 0 Å². The van der Waals surface area contributed by atoms with Crippen LogP contribution >= 0.6 is 0 Å². The normalized spacial score (nSPS) is 11.6. The molecule has 1 atom stereocenters. The maximum Gasteiger partial charge on any atom is 0.326 e. The van der Waals surface area contributed by atoms with E-state index in [1.54, 1.807) is 20.8 Å². The van der Waals surface area contributed by atoms with Crippen LogP contribution in [0.25, 0.3) is 0 Å². The Hall–Kier alpha value is -1.32. The predicted molar refractivity (Wildman–Crippen MR) is 49.3 cm³/mol. The minimum atomic E-state index is -1.00. The van der Waals surface area contributed by atoms with Crippen molar-refractivity contribution in [1.82, 2.24) is 5.32 Å². The van der Waals surface area contributed by atoms with E-state index in [2.05, 4.69) is 5.32 Å². The molecule has 0 aromatic carbocycles. The number of carboxylic acid groups (broad SMARTS) is 1. The van der Waals surface area contributed by atoms with Gasteiger partial charge in [0.2, 0.25) is 5.91 Å². The van der Waals surface area contributed by atoms with Crippen molar-refractivity contribution in [2.45, 2.75) is 33.2 Å². The number of nitrogens with one attached hydrogen (secondary N) is 1. The van der Waals surface area contributed by atoms with Crippen LogP contribution in [-0.4, -0.2) is 23.0 Å². The van der Waals surface area contributed by atoms with Gasteiger partial charge >= 0.3 is 5.97 Å². The molecular formula is C9H15NO3. The van der Waals surface area contributed by atoms with E-state index in [0.29, 0.717) is 6.42 Å². The van der Waals surface area contributed by atoms with Crippen LogP contribution in [0.1, 0.15) is 27.2 Å². The maximum atomic E-state index is 11.1. The molecule has 0 fully saturated rings. The lowest BCUT2D eigenvalue weighted by atomic mass is 10.2. The third kappa shape index (κ3) is 5.00. The van der Waals surface area contributed by atoms with Crippen LogP contribution in [0.15, 0.2) is 11.6 Å². The summed E-state index contributed by atoms with van der Waals surface area (Å²) in [5.74, 6) is -1.35. The lowest BCUT2D eigenvalue weighted by Gasteiger charge is -2.09. The van der Waals surface area contributed by atoms with E-state index in [1.807, 2.05) is 0 Å². The van der Waals surface area contributed by atoms with Crippen molar-refractivity contribution in [3.63, 3.8) is 0 Å². The molecule has 0 saturated carbocycles. The molecule has 1 amide bonds. The Labute approximate surface area is 77.6 Å². The number of aliphatic carboxylic acids is 1. The van der Waals surface area contributed by atoms with Gasteiger partial charge in [-0.05, 0) is 20.3 Å². The summed E-state index contributed by atoms with van der Waals surface area (Å²) in [5, 5.41) is 11.0. The lowest BCUT2D eigenvalue weighted by molar-refractivity contribution is -0.141. The topological polar surface area (TPSA) is 66.4 Å². The van der Waals surface area contributed by atoms with Gasteiger partial charge in [-0.3, -0.25) is 4.79 Å². The van der Waals surface area contributed by atoms with Gasteiger partial charge < -0.3 is 10.4 Å². The average Bonchev–Trinajstić information content (AvgIpc) is 1.98. The van der Waals surface area contributed by atoms with Gasteiger partial charge in [-0.2, -0.15) is 0 Å². The van der Waals surface area contributed by atoms with Gasteiger partial charge in [0.1, 0.15) is 6.04 Å². The SMILES string of the molecule is CC[C@@H](NC(=O)C=C(C)C)C(=O)O. The first-order chi connectivity index (χ1) is 5.97. The molecule has 0 radical (unpaired) electrons. The van der Waals surface area contributed by atoms with E-state index in [0.717, 1.165) is 5.57 Å². The van der Waals surface area contributed by atoms with Crippen molar-refractivity contribution >= 4 is 11.9 Å². The van der Waals surface area contributed by atoms with Crippen LogP contribution in [0.3, 0.4) is 0 Å². The molecule has 4 heteroatoms. The molecule has 0 unspecified atom stereocenters. The number of hydrogen-bond donors (Lipinski definition) is 2. The smallest absolute Gasteiger partial charge is 0.326 e. The highest BCUT2D eigenvalue weighted by Crippen LogP contribution is 1.93. The van der Waals surface area contributed by atoms with E-state index >= 15 is 0 Å². The summed E-state index contributed by atoms with van der Waals surface area (Å²) >= 11 is 0. The molecule has 0 rings (SSSR count). The fourth-order valence-electron chi connectivity index (χ4n) is 0.814. The van der Waals surface area contributed by atoms with E-state index < -0.39 is 12.0 Å². The molecule has 13 heavy (non-hydrogen) atoms. The van der Waals surface area contributed by atoms with E-state index in [-0.39, 0.29) is 5.91 Å². The summed E-state index contributed by atoms with van der Waals surface area (Å²) in [6, 6.07) is -0.789. The Morgan fingerprint density at radius 1 is 1.46 bits per heavy atom. The Bertz CT molecular complexity index is 229. The molecule has 0 bridgehead atoms. The van der Waals surface area contributed by atoms with Gasteiger partial charge in [-0.25, -0.2) is 4.79 Å². The molecule has 0 aromatic heterocycles. The summed E-state index contributed by atoms with van der Waals surface area (Å²) in [4.78, 5) is 21.6. The Morgan fingerprint density at radius 3 is 2.31 bits per heavy atom. The number of hydrogen-bond acceptors (Lipinski definition) is 2. The van der Waals surface area contributed by atoms with Gasteiger partial charge in [0.15, 0.2) is 0 Å². The molecule has 0 heterocycles. The Balaban J connectivity index is 4.18. The van der Waals surface area contributed by atoms with Crippen molar-refractivity contribution in [1.29, 1.82) is 0 Å². The summed E-state index contributed by atoms with van der Waals surface area (Å²) < 4.78 is 0. The summed E-state index contributed by atoms with van der Waals surface area (Å²) in [6.45, 7) is 5.27. The second-order valence-electron chi connectivity index (χ2n) is 3.03. The van der Waals surface area contributed by atoms with E-state index in [1.165, 1.54) is 6.08 Å². The molecule has 74 valence electrons. The molecule has 0 aliphatic rings. The number of rotatable bonds is 4. The monoisotopic (exact) mass is 185 g/mol. The van der Waals surface area contributed by atoms with Gasteiger partial charge in [0.25, 0.3) is 0 Å². The Morgan fingerprint density at radius 2 is 2.00 bits per heavy atom.